The van der Waals surface area contributed by atoms with E-state index in [0.29, 0.717) is 6.54 Å². The molecule has 0 aromatic carbocycles. The average Bonchev–Trinajstić information content (AvgIpc) is 2.14. The van der Waals surface area contributed by atoms with Crippen LogP contribution in [0.15, 0.2) is 11.1 Å². The Kier molecular flexibility index (Phi) is 4.30. The Morgan fingerprint density at radius 3 is 2.60 bits per heavy atom. The van der Waals surface area contributed by atoms with Crippen LogP contribution < -0.4 is 10.6 Å². The molecule has 1 saturated heterocycles. The number of ether oxygens (including phenoxy) is 1. The molecule has 0 spiro atoms. The highest BCUT2D eigenvalue weighted by molar-refractivity contribution is 5.94. The van der Waals surface area contributed by atoms with Gasteiger partial charge in [0.15, 0.2) is 0 Å². The van der Waals surface area contributed by atoms with Crippen molar-refractivity contribution >= 4 is 11.9 Å². The number of amides is 1. The molecule has 0 unspecified atom stereocenters. The third kappa shape index (κ3) is 3.36. The zero-order valence-electron chi connectivity index (χ0n) is 9.05. The van der Waals surface area contributed by atoms with Gasteiger partial charge in [-0.3, -0.25) is 9.59 Å². The summed E-state index contributed by atoms with van der Waals surface area (Å²) in [4.78, 5) is 22.3. The second-order valence-electron chi connectivity index (χ2n) is 3.41. The van der Waals surface area contributed by atoms with E-state index in [1.807, 2.05) is 0 Å². The van der Waals surface area contributed by atoms with Crippen molar-refractivity contribution in [2.24, 2.45) is 0 Å². The molecule has 0 aliphatic carbocycles. The quantitative estimate of drug-likeness (QED) is 0.491. The lowest BCUT2D eigenvalue weighted by Crippen LogP contribution is -2.38. The number of hydrogen-bond acceptors (Lipinski definition) is 4. The molecule has 1 fully saturated rings. The summed E-state index contributed by atoms with van der Waals surface area (Å²) in [7, 11) is 1.33. The molecule has 5 nitrogen and oxygen atoms in total. The fraction of sp³-hybridized carbons (Fsp3) is 0.600. The van der Waals surface area contributed by atoms with Gasteiger partial charge < -0.3 is 15.4 Å². The van der Waals surface area contributed by atoms with E-state index in [9.17, 15) is 9.59 Å². The van der Waals surface area contributed by atoms with E-state index in [1.165, 1.54) is 7.11 Å². The van der Waals surface area contributed by atoms with Crippen molar-refractivity contribution in [2.45, 2.75) is 13.3 Å². The van der Waals surface area contributed by atoms with E-state index in [4.69, 9.17) is 0 Å². The van der Waals surface area contributed by atoms with Crippen LogP contribution in [0, 0.1) is 0 Å². The van der Waals surface area contributed by atoms with Crippen LogP contribution in [0.1, 0.15) is 13.3 Å². The molecule has 2 N–H and O–H groups in total. The maximum absolute atomic E-state index is 11.5. The van der Waals surface area contributed by atoms with E-state index in [0.717, 1.165) is 24.2 Å². The van der Waals surface area contributed by atoms with Gasteiger partial charge in [-0.05, 0) is 12.5 Å². The van der Waals surface area contributed by atoms with E-state index >= 15 is 0 Å². The molecule has 0 saturated carbocycles. The smallest absolute Gasteiger partial charge is 0.307 e. The Hall–Kier alpha value is -1.36. The number of carbonyl (C=O) groups excluding carboxylic acids is 2. The van der Waals surface area contributed by atoms with Crippen molar-refractivity contribution < 1.29 is 14.3 Å². The Morgan fingerprint density at radius 1 is 1.47 bits per heavy atom. The zero-order chi connectivity index (χ0) is 11.3. The van der Waals surface area contributed by atoms with Crippen LogP contribution in [0.4, 0.5) is 0 Å². The summed E-state index contributed by atoms with van der Waals surface area (Å²) >= 11 is 0. The molecule has 0 aromatic rings. The van der Waals surface area contributed by atoms with Crippen LogP contribution in [0.5, 0.6) is 0 Å². The van der Waals surface area contributed by atoms with Gasteiger partial charge in [0.25, 0.3) is 0 Å². The van der Waals surface area contributed by atoms with E-state index in [1.54, 1.807) is 6.92 Å². The van der Waals surface area contributed by atoms with Crippen molar-refractivity contribution in [3.05, 3.63) is 11.1 Å². The number of hydrogen-bond donors (Lipinski definition) is 2. The highest BCUT2D eigenvalue weighted by Crippen LogP contribution is 2.08. The predicted octanol–water partition coefficient (Wildman–Crippen LogP) is -0.415. The lowest BCUT2D eigenvalue weighted by atomic mass is 10.0. The van der Waals surface area contributed by atoms with Crippen LogP contribution in [0.2, 0.25) is 0 Å². The van der Waals surface area contributed by atoms with Crippen molar-refractivity contribution in [1.29, 1.82) is 0 Å². The molecular weight excluding hydrogens is 196 g/mol. The fourth-order valence-electron chi connectivity index (χ4n) is 1.19. The van der Waals surface area contributed by atoms with Crippen LogP contribution in [-0.4, -0.2) is 38.6 Å². The highest BCUT2D eigenvalue weighted by atomic mass is 16.5. The first kappa shape index (κ1) is 11.7. The molecule has 1 amide bonds. The Morgan fingerprint density at radius 2 is 2.13 bits per heavy atom. The Labute approximate surface area is 88.9 Å². The lowest BCUT2D eigenvalue weighted by Gasteiger charge is -2.21. The van der Waals surface area contributed by atoms with Crippen LogP contribution in [-0.2, 0) is 14.3 Å². The monoisotopic (exact) mass is 212 g/mol. The molecule has 15 heavy (non-hydrogen) atoms. The molecule has 0 aromatic heterocycles. The zero-order valence-corrected chi connectivity index (χ0v) is 9.05. The predicted molar refractivity (Wildman–Crippen MR) is 55.2 cm³/mol. The van der Waals surface area contributed by atoms with Gasteiger partial charge in [0.05, 0.1) is 13.5 Å². The van der Waals surface area contributed by atoms with Crippen LogP contribution in [0.25, 0.3) is 0 Å². The van der Waals surface area contributed by atoms with Crippen LogP contribution in [0.3, 0.4) is 0 Å². The molecule has 1 aliphatic heterocycles. The molecule has 1 aliphatic rings. The molecule has 84 valence electrons. The fourth-order valence-corrected chi connectivity index (χ4v) is 1.19. The lowest BCUT2D eigenvalue weighted by molar-refractivity contribution is -0.140. The van der Waals surface area contributed by atoms with Crippen molar-refractivity contribution in [2.75, 3.05) is 26.7 Å². The minimum Gasteiger partial charge on any atom is -0.469 e. The summed E-state index contributed by atoms with van der Waals surface area (Å²) < 4.78 is 4.46. The van der Waals surface area contributed by atoms with Crippen molar-refractivity contribution in [1.82, 2.24) is 10.6 Å². The standard InChI is InChI=1S/C10H16N2O3/c1-7(8-5-11-6-8)10(14)12-4-3-9(13)15-2/h11H,3-6H2,1-2H3,(H,12,14). The summed E-state index contributed by atoms with van der Waals surface area (Å²) in [6.45, 7) is 3.69. The molecular formula is C10H16N2O3. The minimum absolute atomic E-state index is 0.101. The number of rotatable bonds is 4. The van der Waals surface area contributed by atoms with Crippen molar-refractivity contribution in [3.8, 4) is 0 Å². The molecule has 0 atom stereocenters. The second kappa shape index (κ2) is 5.50. The summed E-state index contributed by atoms with van der Waals surface area (Å²) in [5, 5.41) is 5.74. The summed E-state index contributed by atoms with van der Waals surface area (Å²) in [6, 6.07) is 0. The number of methoxy groups -OCH3 is 1. The maximum atomic E-state index is 11.5. The molecule has 0 radical (unpaired) electrons. The average molecular weight is 212 g/mol. The largest absolute Gasteiger partial charge is 0.469 e. The first-order valence-corrected chi connectivity index (χ1v) is 4.89. The maximum Gasteiger partial charge on any atom is 0.307 e. The van der Waals surface area contributed by atoms with E-state index < -0.39 is 0 Å². The topological polar surface area (TPSA) is 67.4 Å². The number of esters is 1. The Balaban J connectivity index is 2.27. The van der Waals surface area contributed by atoms with Gasteiger partial charge in [0.1, 0.15) is 0 Å². The second-order valence-corrected chi connectivity index (χ2v) is 3.41. The first-order valence-electron chi connectivity index (χ1n) is 4.89. The first-order chi connectivity index (χ1) is 7.15. The van der Waals surface area contributed by atoms with Gasteiger partial charge in [-0.25, -0.2) is 0 Å². The molecule has 1 rings (SSSR count). The summed E-state index contributed by atoms with van der Waals surface area (Å²) in [5.74, 6) is -0.415. The van der Waals surface area contributed by atoms with Gasteiger partial charge in [-0.1, -0.05) is 0 Å². The van der Waals surface area contributed by atoms with Gasteiger partial charge in [0.2, 0.25) is 5.91 Å². The molecule has 1 heterocycles. The third-order valence-corrected chi connectivity index (χ3v) is 2.39. The molecule has 5 heteroatoms. The van der Waals surface area contributed by atoms with Gasteiger partial charge in [0, 0.05) is 25.2 Å². The van der Waals surface area contributed by atoms with Gasteiger partial charge >= 0.3 is 5.97 Å². The minimum atomic E-state index is -0.314. The van der Waals surface area contributed by atoms with Crippen LogP contribution >= 0.6 is 0 Å². The Bertz CT molecular complexity index is 291. The normalized spacial score (nSPS) is 14.1. The summed E-state index contributed by atoms with van der Waals surface area (Å²) in [6.07, 6.45) is 0.211. The van der Waals surface area contributed by atoms with Gasteiger partial charge in [-0.2, -0.15) is 0 Å². The number of nitrogens with one attached hydrogen (secondary N) is 2. The number of carbonyl (C=O) groups is 2. The third-order valence-electron chi connectivity index (χ3n) is 2.39. The SMILES string of the molecule is COC(=O)CCNC(=O)C(C)=C1CNC1. The summed E-state index contributed by atoms with van der Waals surface area (Å²) in [5.41, 5.74) is 1.88. The van der Waals surface area contributed by atoms with E-state index in [-0.39, 0.29) is 18.3 Å². The highest BCUT2D eigenvalue weighted by Gasteiger charge is 2.15. The van der Waals surface area contributed by atoms with Gasteiger partial charge in [-0.15, -0.1) is 0 Å². The van der Waals surface area contributed by atoms with E-state index in [2.05, 4.69) is 15.4 Å². The molecule has 0 bridgehead atoms. The van der Waals surface area contributed by atoms with Crippen molar-refractivity contribution in [3.63, 3.8) is 0 Å².